The summed E-state index contributed by atoms with van der Waals surface area (Å²) in [4.78, 5) is 2.41. The van der Waals surface area contributed by atoms with Crippen LogP contribution in [0.4, 0.5) is 17.1 Å². The van der Waals surface area contributed by atoms with Crippen LogP contribution in [0.3, 0.4) is 0 Å². The standard InChI is InChI=1S/C52H33NS2/c1-2-18-41-34(12-1)13-9-21-42(41)36-14-7-16-39(32-36)53(38-30-28-35(29-31-38)44-23-10-24-46-45-19-3-5-25-48(45)55-52(44)46)40-17-8-15-37(33-40)43-22-11-27-50-51(43)47-20-4-6-26-49(47)54-50/h1-33H. The zero-order valence-electron chi connectivity index (χ0n) is 29.8. The summed E-state index contributed by atoms with van der Waals surface area (Å²) in [6.07, 6.45) is 0. The van der Waals surface area contributed by atoms with Crippen LogP contribution in [0.25, 0.3) is 84.5 Å². The molecule has 11 aromatic rings. The van der Waals surface area contributed by atoms with Crippen LogP contribution in [0.2, 0.25) is 0 Å². The average molecular weight is 736 g/mol. The Morgan fingerprint density at radius 3 is 1.65 bits per heavy atom. The van der Waals surface area contributed by atoms with Gasteiger partial charge in [-0.25, -0.2) is 0 Å². The third-order valence-electron chi connectivity index (χ3n) is 10.9. The zero-order valence-corrected chi connectivity index (χ0v) is 31.4. The van der Waals surface area contributed by atoms with Crippen LogP contribution < -0.4 is 4.90 Å². The predicted molar refractivity (Wildman–Crippen MR) is 241 cm³/mol. The lowest BCUT2D eigenvalue weighted by molar-refractivity contribution is 1.28. The number of anilines is 3. The molecule has 258 valence electrons. The van der Waals surface area contributed by atoms with E-state index in [1.807, 2.05) is 22.7 Å². The molecule has 0 unspecified atom stereocenters. The maximum atomic E-state index is 2.41. The Kier molecular flexibility index (Phi) is 7.61. The fourth-order valence-electron chi connectivity index (χ4n) is 8.33. The summed E-state index contributed by atoms with van der Waals surface area (Å²) in [6, 6.07) is 73.4. The maximum Gasteiger partial charge on any atom is 0.0467 e. The summed E-state index contributed by atoms with van der Waals surface area (Å²) < 4.78 is 5.29. The van der Waals surface area contributed by atoms with Crippen LogP contribution in [-0.4, -0.2) is 0 Å². The molecule has 0 aliphatic heterocycles. The van der Waals surface area contributed by atoms with Gasteiger partial charge in [-0.15, -0.1) is 22.7 Å². The van der Waals surface area contributed by atoms with Crippen LogP contribution in [0.1, 0.15) is 0 Å². The van der Waals surface area contributed by atoms with E-state index in [-0.39, 0.29) is 0 Å². The lowest BCUT2D eigenvalue weighted by Gasteiger charge is -2.27. The molecule has 2 heterocycles. The highest BCUT2D eigenvalue weighted by molar-refractivity contribution is 7.26. The van der Waals surface area contributed by atoms with Gasteiger partial charge in [0.1, 0.15) is 0 Å². The number of rotatable bonds is 6. The predicted octanol–water partition coefficient (Wildman–Crippen LogP) is 16.0. The number of hydrogen-bond acceptors (Lipinski definition) is 3. The monoisotopic (exact) mass is 735 g/mol. The summed E-state index contributed by atoms with van der Waals surface area (Å²) in [7, 11) is 0. The Bertz CT molecular complexity index is 3220. The first kappa shape index (κ1) is 32.0. The van der Waals surface area contributed by atoms with Crippen molar-refractivity contribution in [3.05, 3.63) is 200 Å². The van der Waals surface area contributed by atoms with E-state index in [4.69, 9.17) is 0 Å². The van der Waals surface area contributed by atoms with Gasteiger partial charge in [0, 0.05) is 57.4 Å². The molecule has 0 N–H and O–H groups in total. The van der Waals surface area contributed by atoms with E-state index in [0.29, 0.717) is 0 Å². The Balaban J connectivity index is 1.07. The van der Waals surface area contributed by atoms with E-state index < -0.39 is 0 Å². The molecule has 0 atom stereocenters. The molecule has 1 nitrogen and oxygen atoms in total. The van der Waals surface area contributed by atoms with Gasteiger partial charge < -0.3 is 4.90 Å². The molecule has 0 spiro atoms. The summed E-state index contributed by atoms with van der Waals surface area (Å²) in [5.74, 6) is 0. The molecular weight excluding hydrogens is 703 g/mol. The quantitative estimate of drug-likeness (QED) is 0.164. The van der Waals surface area contributed by atoms with E-state index in [1.165, 1.54) is 84.5 Å². The Labute approximate surface area is 327 Å². The highest BCUT2D eigenvalue weighted by atomic mass is 32.1. The lowest BCUT2D eigenvalue weighted by Crippen LogP contribution is -2.10. The smallest absolute Gasteiger partial charge is 0.0467 e. The third-order valence-corrected chi connectivity index (χ3v) is 13.2. The third kappa shape index (κ3) is 5.43. The molecule has 55 heavy (non-hydrogen) atoms. The minimum atomic E-state index is 1.11. The highest BCUT2D eigenvalue weighted by Crippen LogP contribution is 2.44. The van der Waals surface area contributed by atoms with Crippen molar-refractivity contribution in [2.45, 2.75) is 0 Å². The minimum Gasteiger partial charge on any atom is -0.310 e. The Morgan fingerprint density at radius 2 is 0.855 bits per heavy atom. The number of nitrogens with zero attached hydrogens (tertiary/aromatic N) is 1. The van der Waals surface area contributed by atoms with Crippen molar-refractivity contribution >= 4 is 90.9 Å². The van der Waals surface area contributed by atoms with Crippen molar-refractivity contribution in [2.75, 3.05) is 4.90 Å². The molecule has 9 aromatic carbocycles. The second-order valence-electron chi connectivity index (χ2n) is 14.1. The van der Waals surface area contributed by atoms with E-state index in [9.17, 15) is 0 Å². The van der Waals surface area contributed by atoms with Crippen molar-refractivity contribution in [3.63, 3.8) is 0 Å². The fourth-order valence-corrected chi connectivity index (χ4v) is 10.7. The van der Waals surface area contributed by atoms with Crippen molar-refractivity contribution in [1.29, 1.82) is 0 Å². The zero-order chi connectivity index (χ0) is 36.3. The Hall–Kier alpha value is -6.52. The van der Waals surface area contributed by atoms with Gasteiger partial charge in [-0.05, 0) is 98.8 Å². The number of hydrogen-bond donors (Lipinski definition) is 0. The number of thiophene rings is 2. The largest absolute Gasteiger partial charge is 0.310 e. The van der Waals surface area contributed by atoms with Crippen molar-refractivity contribution in [2.24, 2.45) is 0 Å². The van der Waals surface area contributed by atoms with Crippen molar-refractivity contribution in [1.82, 2.24) is 0 Å². The molecule has 0 aliphatic carbocycles. The van der Waals surface area contributed by atoms with E-state index in [1.54, 1.807) is 0 Å². The van der Waals surface area contributed by atoms with Crippen molar-refractivity contribution < 1.29 is 0 Å². The first-order chi connectivity index (χ1) is 27.3. The fraction of sp³-hybridized carbons (Fsp3) is 0. The number of benzene rings is 9. The Morgan fingerprint density at radius 1 is 0.309 bits per heavy atom. The average Bonchev–Trinajstić information content (AvgIpc) is 3.83. The molecular formula is C52H33NS2. The van der Waals surface area contributed by atoms with Gasteiger partial charge in [0.25, 0.3) is 0 Å². The second kappa shape index (κ2) is 13.1. The van der Waals surface area contributed by atoms with Gasteiger partial charge in [-0.2, -0.15) is 0 Å². The normalized spacial score (nSPS) is 11.6. The SMILES string of the molecule is c1cc(-c2cccc3ccccc23)cc(N(c2ccc(-c3cccc4c3sc3ccccc34)cc2)c2cccc(-c3cccc4sc5ccccc5c34)c2)c1. The van der Waals surface area contributed by atoms with Crippen molar-refractivity contribution in [3.8, 4) is 33.4 Å². The summed E-state index contributed by atoms with van der Waals surface area (Å²) in [5, 5.41) is 7.78. The molecule has 11 rings (SSSR count). The second-order valence-corrected chi connectivity index (χ2v) is 16.2. The van der Waals surface area contributed by atoms with Gasteiger partial charge in [-0.3, -0.25) is 0 Å². The number of fused-ring (bicyclic) bond motifs is 7. The lowest BCUT2D eigenvalue weighted by atomic mass is 9.97. The van der Waals surface area contributed by atoms with Crippen LogP contribution in [0, 0.1) is 0 Å². The molecule has 0 fully saturated rings. The van der Waals surface area contributed by atoms with Gasteiger partial charge in [0.2, 0.25) is 0 Å². The first-order valence-corrected chi connectivity index (χ1v) is 20.3. The van der Waals surface area contributed by atoms with Gasteiger partial charge >= 0.3 is 0 Å². The molecule has 0 saturated heterocycles. The summed E-state index contributed by atoms with van der Waals surface area (Å²) in [6.45, 7) is 0. The summed E-state index contributed by atoms with van der Waals surface area (Å²) in [5.41, 5.74) is 10.7. The van der Waals surface area contributed by atoms with E-state index in [0.717, 1.165) is 17.1 Å². The van der Waals surface area contributed by atoms with E-state index >= 15 is 0 Å². The van der Waals surface area contributed by atoms with Gasteiger partial charge in [-0.1, -0.05) is 146 Å². The molecule has 2 aromatic heterocycles. The van der Waals surface area contributed by atoms with Crippen LogP contribution in [-0.2, 0) is 0 Å². The summed E-state index contributed by atoms with van der Waals surface area (Å²) >= 11 is 3.75. The van der Waals surface area contributed by atoms with Crippen LogP contribution in [0.15, 0.2) is 200 Å². The highest BCUT2D eigenvalue weighted by Gasteiger charge is 2.18. The molecule has 0 bridgehead atoms. The first-order valence-electron chi connectivity index (χ1n) is 18.7. The van der Waals surface area contributed by atoms with Gasteiger partial charge in [0.05, 0.1) is 0 Å². The topological polar surface area (TPSA) is 3.24 Å². The minimum absolute atomic E-state index is 1.11. The molecule has 0 radical (unpaired) electrons. The van der Waals surface area contributed by atoms with Gasteiger partial charge in [0.15, 0.2) is 0 Å². The van der Waals surface area contributed by atoms with Crippen LogP contribution in [0.5, 0.6) is 0 Å². The van der Waals surface area contributed by atoms with Crippen LogP contribution >= 0.6 is 22.7 Å². The maximum absolute atomic E-state index is 2.41. The molecule has 0 saturated carbocycles. The molecule has 3 heteroatoms. The molecule has 0 aliphatic rings. The van der Waals surface area contributed by atoms with E-state index in [2.05, 4.69) is 205 Å². The molecule has 0 amide bonds.